The number of pyridine rings is 1. The number of rotatable bonds is 7. The molecule has 0 amide bonds. The van der Waals surface area contributed by atoms with E-state index < -0.39 is 0 Å². The molecule has 2 aromatic heterocycles. The van der Waals surface area contributed by atoms with E-state index in [0.717, 1.165) is 45.0 Å². The highest BCUT2D eigenvalue weighted by Crippen LogP contribution is 2.27. The van der Waals surface area contributed by atoms with E-state index in [2.05, 4.69) is 10.3 Å². The molecule has 5 aromatic rings. The van der Waals surface area contributed by atoms with Crippen molar-refractivity contribution in [2.45, 2.75) is 13.5 Å². The Bertz CT molecular complexity index is 1540. The van der Waals surface area contributed by atoms with Crippen LogP contribution in [0.5, 0.6) is 11.5 Å². The van der Waals surface area contributed by atoms with E-state index in [1.807, 2.05) is 85.8 Å². The van der Waals surface area contributed by atoms with Crippen molar-refractivity contribution in [2.24, 2.45) is 7.05 Å². The number of ether oxygens (including phenoxy) is 2. The number of benzene rings is 3. The number of imidazole rings is 1. The normalized spacial score (nSPS) is 10.9. The van der Waals surface area contributed by atoms with Gasteiger partial charge in [0.05, 0.1) is 30.0 Å². The van der Waals surface area contributed by atoms with Crippen LogP contribution in [0.1, 0.15) is 11.1 Å². The molecule has 0 saturated heterocycles. The molecule has 0 aliphatic rings. The monoisotopic (exact) mass is 466 g/mol. The minimum Gasteiger partial charge on any atom is -0.497 e. The average Bonchev–Trinajstić information content (AvgIpc) is 3.14. The highest BCUT2D eigenvalue weighted by Gasteiger charge is 2.14. The van der Waals surface area contributed by atoms with Crippen LogP contribution in [-0.4, -0.2) is 21.2 Å². The summed E-state index contributed by atoms with van der Waals surface area (Å²) < 4.78 is 14.5. The first-order chi connectivity index (χ1) is 17.0. The van der Waals surface area contributed by atoms with Gasteiger partial charge in [-0.3, -0.25) is 9.13 Å². The zero-order valence-corrected chi connectivity index (χ0v) is 19.9. The Kier molecular flexibility index (Phi) is 5.97. The van der Waals surface area contributed by atoms with Gasteiger partial charge >= 0.3 is 5.69 Å². The van der Waals surface area contributed by atoms with Gasteiger partial charge in [-0.05, 0) is 60.5 Å². The van der Waals surface area contributed by atoms with Crippen LogP contribution in [0.25, 0.3) is 16.7 Å². The lowest BCUT2D eigenvalue weighted by atomic mass is 10.2. The summed E-state index contributed by atoms with van der Waals surface area (Å²) >= 11 is 0. The van der Waals surface area contributed by atoms with Crippen LogP contribution in [0.4, 0.5) is 11.5 Å². The van der Waals surface area contributed by atoms with Gasteiger partial charge < -0.3 is 14.8 Å². The molecule has 0 spiro atoms. The van der Waals surface area contributed by atoms with Crippen molar-refractivity contribution in [3.8, 4) is 17.2 Å². The predicted molar refractivity (Wildman–Crippen MR) is 138 cm³/mol. The number of aromatic nitrogens is 3. The molecule has 3 aromatic carbocycles. The second-order valence-electron chi connectivity index (χ2n) is 8.31. The Morgan fingerprint density at radius 1 is 0.914 bits per heavy atom. The second-order valence-corrected chi connectivity index (χ2v) is 8.31. The number of aryl methyl sites for hydroxylation is 2. The molecule has 0 aliphatic heterocycles. The molecule has 7 nitrogen and oxygen atoms in total. The summed E-state index contributed by atoms with van der Waals surface area (Å²) in [6.45, 7) is 2.54. The van der Waals surface area contributed by atoms with Gasteiger partial charge in [0.2, 0.25) is 0 Å². The minimum absolute atomic E-state index is 0.139. The third-order valence-electron chi connectivity index (χ3n) is 5.98. The first kappa shape index (κ1) is 22.3. The standard InChI is InChI=1S/C28H26N4O3/c1-19-15-23(35-18-20-7-5-4-6-8-20)13-14-24(19)30-27-16-25-26(17-29-27)31(2)28(33)32(25)21-9-11-22(34-3)12-10-21/h4-17H,18H2,1-3H3,(H,29,30). The third-order valence-corrected chi connectivity index (χ3v) is 5.98. The number of fused-ring (bicyclic) bond motifs is 1. The first-order valence-electron chi connectivity index (χ1n) is 11.3. The summed E-state index contributed by atoms with van der Waals surface area (Å²) in [6, 6.07) is 25.3. The van der Waals surface area contributed by atoms with Gasteiger partial charge in [0.15, 0.2) is 0 Å². The largest absolute Gasteiger partial charge is 0.497 e. The Hall–Kier alpha value is -4.52. The average molecular weight is 467 g/mol. The van der Waals surface area contributed by atoms with E-state index in [1.54, 1.807) is 29.5 Å². The van der Waals surface area contributed by atoms with Crippen LogP contribution in [0.15, 0.2) is 89.9 Å². The smallest absolute Gasteiger partial charge is 0.333 e. The predicted octanol–water partition coefficient (Wildman–Crippen LogP) is 5.36. The number of methoxy groups -OCH3 is 1. The molecule has 2 heterocycles. The van der Waals surface area contributed by atoms with E-state index in [-0.39, 0.29) is 5.69 Å². The van der Waals surface area contributed by atoms with Crippen molar-refractivity contribution in [1.82, 2.24) is 14.1 Å². The van der Waals surface area contributed by atoms with Crippen molar-refractivity contribution in [1.29, 1.82) is 0 Å². The molecular formula is C28H26N4O3. The van der Waals surface area contributed by atoms with Crippen molar-refractivity contribution in [3.63, 3.8) is 0 Å². The Balaban J connectivity index is 1.42. The summed E-state index contributed by atoms with van der Waals surface area (Å²) in [6.07, 6.45) is 1.71. The molecule has 5 rings (SSSR count). The third kappa shape index (κ3) is 4.48. The van der Waals surface area contributed by atoms with Crippen LogP contribution in [0, 0.1) is 6.92 Å². The first-order valence-corrected chi connectivity index (χ1v) is 11.3. The molecule has 0 bridgehead atoms. The second kappa shape index (κ2) is 9.38. The van der Waals surface area contributed by atoms with Gasteiger partial charge in [-0.25, -0.2) is 9.78 Å². The van der Waals surface area contributed by atoms with E-state index >= 15 is 0 Å². The van der Waals surface area contributed by atoms with E-state index in [9.17, 15) is 4.79 Å². The lowest BCUT2D eigenvalue weighted by Gasteiger charge is -2.12. The maximum Gasteiger partial charge on any atom is 0.333 e. The quantitative estimate of drug-likeness (QED) is 0.350. The van der Waals surface area contributed by atoms with Crippen molar-refractivity contribution >= 4 is 22.5 Å². The molecule has 1 N–H and O–H groups in total. The number of anilines is 2. The van der Waals surface area contributed by atoms with Gasteiger partial charge in [0.1, 0.15) is 23.9 Å². The number of hydrogen-bond donors (Lipinski definition) is 1. The number of hydrogen-bond acceptors (Lipinski definition) is 5. The number of nitrogens with one attached hydrogen (secondary N) is 1. The fourth-order valence-corrected chi connectivity index (χ4v) is 4.03. The summed E-state index contributed by atoms with van der Waals surface area (Å²) in [5.41, 5.74) is 5.19. The zero-order chi connectivity index (χ0) is 24.4. The summed E-state index contributed by atoms with van der Waals surface area (Å²) in [5, 5.41) is 3.38. The molecule has 0 radical (unpaired) electrons. The zero-order valence-electron chi connectivity index (χ0n) is 19.9. The Morgan fingerprint density at radius 3 is 2.37 bits per heavy atom. The van der Waals surface area contributed by atoms with Crippen LogP contribution in [0.2, 0.25) is 0 Å². The van der Waals surface area contributed by atoms with Gasteiger partial charge in [-0.1, -0.05) is 30.3 Å². The lowest BCUT2D eigenvalue weighted by Crippen LogP contribution is -2.20. The van der Waals surface area contributed by atoms with Gasteiger partial charge in [-0.2, -0.15) is 0 Å². The summed E-state index contributed by atoms with van der Waals surface area (Å²) in [5.74, 6) is 2.18. The van der Waals surface area contributed by atoms with Gasteiger partial charge in [0.25, 0.3) is 0 Å². The van der Waals surface area contributed by atoms with E-state index in [0.29, 0.717) is 12.4 Å². The van der Waals surface area contributed by atoms with Gasteiger partial charge in [0, 0.05) is 18.8 Å². The molecule has 0 unspecified atom stereocenters. The maximum atomic E-state index is 13.0. The van der Waals surface area contributed by atoms with Crippen LogP contribution in [-0.2, 0) is 13.7 Å². The molecule has 0 saturated carbocycles. The summed E-state index contributed by atoms with van der Waals surface area (Å²) in [4.78, 5) is 17.5. The highest BCUT2D eigenvalue weighted by molar-refractivity contribution is 5.81. The summed E-state index contributed by atoms with van der Waals surface area (Å²) in [7, 11) is 3.37. The number of nitrogens with zero attached hydrogens (tertiary/aromatic N) is 3. The molecule has 176 valence electrons. The van der Waals surface area contributed by atoms with Gasteiger partial charge in [-0.15, -0.1) is 0 Å². The molecule has 0 aliphatic carbocycles. The van der Waals surface area contributed by atoms with E-state index in [4.69, 9.17) is 9.47 Å². The molecule has 0 atom stereocenters. The fourth-order valence-electron chi connectivity index (χ4n) is 4.03. The van der Waals surface area contributed by atoms with Crippen LogP contribution in [0.3, 0.4) is 0 Å². The fraction of sp³-hybridized carbons (Fsp3) is 0.143. The van der Waals surface area contributed by atoms with Crippen LogP contribution >= 0.6 is 0 Å². The van der Waals surface area contributed by atoms with Crippen molar-refractivity contribution < 1.29 is 9.47 Å². The van der Waals surface area contributed by atoms with Crippen molar-refractivity contribution in [3.05, 3.63) is 107 Å². The Labute approximate surface area is 203 Å². The highest BCUT2D eigenvalue weighted by atomic mass is 16.5. The molecule has 7 heteroatoms. The molecular weight excluding hydrogens is 440 g/mol. The minimum atomic E-state index is -0.139. The maximum absolute atomic E-state index is 13.0. The Morgan fingerprint density at radius 2 is 1.66 bits per heavy atom. The molecule has 0 fully saturated rings. The topological polar surface area (TPSA) is 70.3 Å². The van der Waals surface area contributed by atoms with E-state index in [1.165, 1.54) is 0 Å². The lowest BCUT2D eigenvalue weighted by molar-refractivity contribution is 0.306. The molecule has 35 heavy (non-hydrogen) atoms. The van der Waals surface area contributed by atoms with Crippen molar-refractivity contribution in [2.75, 3.05) is 12.4 Å². The van der Waals surface area contributed by atoms with Crippen LogP contribution < -0.4 is 20.5 Å². The SMILES string of the molecule is COc1ccc(-n2c(=O)n(C)c3cnc(Nc4ccc(OCc5ccccc5)cc4C)cc32)cc1.